The zero-order valence-electron chi connectivity index (χ0n) is 15.3. The van der Waals surface area contributed by atoms with Crippen molar-refractivity contribution in [3.05, 3.63) is 0 Å². The predicted molar refractivity (Wildman–Crippen MR) is 90.3 cm³/mol. The third kappa shape index (κ3) is 2.25. The summed E-state index contributed by atoms with van der Waals surface area (Å²) in [6.45, 7) is 2.20. The Balaban J connectivity index is 1.58. The first kappa shape index (κ1) is 17.0. The third-order valence-corrected chi connectivity index (χ3v) is 8.46. The summed E-state index contributed by atoms with van der Waals surface area (Å²) in [5.41, 5.74) is -0.106. The molecule has 7 atom stereocenters. The Morgan fingerprint density at radius 2 is 1.67 bits per heavy atom. The normalized spacial score (nSPS) is 50.1. The second-order valence-corrected chi connectivity index (χ2v) is 9.04. The molecular formula is C20H32O4. The molecule has 4 aliphatic rings. The number of rotatable bonds is 2. The lowest BCUT2D eigenvalue weighted by Crippen LogP contribution is -2.56. The molecule has 0 heterocycles. The number of aliphatic hydroxyl groups is 1. The van der Waals surface area contributed by atoms with E-state index in [4.69, 9.17) is 9.47 Å². The van der Waals surface area contributed by atoms with E-state index < -0.39 is 5.79 Å². The molecule has 0 aromatic carbocycles. The summed E-state index contributed by atoms with van der Waals surface area (Å²) in [6.07, 6.45) is 7.38. The first-order chi connectivity index (χ1) is 11.4. The topological polar surface area (TPSA) is 55.8 Å². The van der Waals surface area contributed by atoms with Crippen LogP contribution < -0.4 is 0 Å². The molecule has 4 heteroatoms. The minimum Gasteiger partial charge on any atom is -0.393 e. The van der Waals surface area contributed by atoms with Crippen molar-refractivity contribution in [1.29, 1.82) is 0 Å². The first-order valence-electron chi connectivity index (χ1n) is 9.76. The fourth-order valence-electron chi connectivity index (χ4n) is 7.03. The fourth-order valence-corrected chi connectivity index (χ4v) is 7.03. The van der Waals surface area contributed by atoms with E-state index in [1.54, 1.807) is 14.2 Å². The van der Waals surface area contributed by atoms with E-state index in [2.05, 4.69) is 6.92 Å². The standard InChI is InChI=1S/C20H32O4/c1-19-8-6-12-13-7-9-20(23-2,24-3)11-15(13)17(21)10-14(12)16(19)4-5-18(19)22/h12-17,21H,4-11H2,1-3H3/t12-,13-,14-,15+,16+,17-,19+/m1/s1. The van der Waals surface area contributed by atoms with Crippen LogP contribution in [0.15, 0.2) is 0 Å². The SMILES string of the molecule is COC1(OC)CC[C@@H]2[C@H]3CC[C@]4(C)C(=O)CC[C@H]4[C@@H]3C[C@@H](O)[C@H]2C1. The van der Waals surface area contributed by atoms with Crippen LogP contribution in [-0.4, -0.2) is 37.0 Å². The van der Waals surface area contributed by atoms with Crippen LogP contribution in [0.4, 0.5) is 0 Å². The number of Topliss-reactive ketones (excluding diaryl/α,β-unsaturated/α-hetero) is 1. The highest BCUT2D eigenvalue weighted by Gasteiger charge is 2.59. The van der Waals surface area contributed by atoms with Gasteiger partial charge in [0.05, 0.1) is 6.10 Å². The summed E-state index contributed by atoms with van der Waals surface area (Å²) >= 11 is 0. The first-order valence-corrected chi connectivity index (χ1v) is 9.76. The van der Waals surface area contributed by atoms with E-state index in [9.17, 15) is 9.90 Å². The fraction of sp³-hybridized carbons (Fsp3) is 0.950. The lowest BCUT2D eigenvalue weighted by atomic mass is 9.49. The van der Waals surface area contributed by atoms with E-state index in [1.807, 2.05) is 0 Å². The van der Waals surface area contributed by atoms with Gasteiger partial charge in [-0.2, -0.15) is 0 Å². The number of carbonyl (C=O) groups excluding carboxylic acids is 1. The molecule has 4 rings (SSSR count). The van der Waals surface area contributed by atoms with Gasteiger partial charge in [0, 0.05) is 38.9 Å². The molecule has 0 aliphatic heterocycles. The van der Waals surface area contributed by atoms with Gasteiger partial charge in [-0.05, 0) is 61.7 Å². The minimum absolute atomic E-state index is 0.106. The van der Waals surface area contributed by atoms with Gasteiger partial charge >= 0.3 is 0 Å². The molecule has 0 bridgehead atoms. The molecule has 0 saturated heterocycles. The average molecular weight is 336 g/mol. The number of ketones is 1. The van der Waals surface area contributed by atoms with Gasteiger partial charge in [0.15, 0.2) is 5.79 Å². The van der Waals surface area contributed by atoms with Gasteiger partial charge < -0.3 is 14.6 Å². The summed E-state index contributed by atoms with van der Waals surface area (Å²) in [5, 5.41) is 10.9. The largest absolute Gasteiger partial charge is 0.393 e. The number of carbonyl (C=O) groups is 1. The quantitative estimate of drug-likeness (QED) is 0.787. The van der Waals surface area contributed by atoms with Crippen LogP contribution in [0.3, 0.4) is 0 Å². The molecular weight excluding hydrogens is 304 g/mol. The number of ether oxygens (including phenoxy) is 2. The predicted octanol–water partition coefficient (Wildman–Crippen LogP) is 3.17. The van der Waals surface area contributed by atoms with Crippen LogP contribution in [0.5, 0.6) is 0 Å². The molecule has 1 N–H and O–H groups in total. The molecule has 24 heavy (non-hydrogen) atoms. The monoisotopic (exact) mass is 336 g/mol. The molecule has 0 aromatic heterocycles. The van der Waals surface area contributed by atoms with Crippen molar-refractivity contribution >= 4 is 5.78 Å². The van der Waals surface area contributed by atoms with Crippen molar-refractivity contribution in [3.63, 3.8) is 0 Å². The van der Waals surface area contributed by atoms with Crippen molar-refractivity contribution in [3.8, 4) is 0 Å². The summed E-state index contributed by atoms with van der Waals surface area (Å²) in [4.78, 5) is 12.4. The van der Waals surface area contributed by atoms with E-state index in [0.29, 0.717) is 29.5 Å². The molecule has 4 saturated carbocycles. The van der Waals surface area contributed by atoms with Crippen LogP contribution in [0, 0.1) is 35.0 Å². The molecule has 4 nitrogen and oxygen atoms in total. The second-order valence-electron chi connectivity index (χ2n) is 9.04. The van der Waals surface area contributed by atoms with E-state index >= 15 is 0 Å². The highest BCUT2D eigenvalue weighted by molar-refractivity contribution is 5.87. The molecule has 4 aliphatic carbocycles. The van der Waals surface area contributed by atoms with Crippen molar-refractivity contribution < 1.29 is 19.4 Å². The zero-order valence-corrected chi connectivity index (χ0v) is 15.3. The van der Waals surface area contributed by atoms with Gasteiger partial charge in [-0.1, -0.05) is 6.92 Å². The number of hydrogen-bond acceptors (Lipinski definition) is 4. The molecule has 0 aromatic rings. The van der Waals surface area contributed by atoms with Gasteiger partial charge in [0.1, 0.15) is 5.78 Å². The maximum atomic E-state index is 12.4. The highest BCUT2D eigenvalue weighted by Crippen LogP contribution is 2.62. The van der Waals surface area contributed by atoms with Crippen molar-refractivity contribution in [2.45, 2.75) is 70.2 Å². The van der Waals surface area contributed by atoms with Gasteiger partial charge in [0.2, 0.25) is 0 Å². The lowest BCUT2D eigenvalue weighted by molar-refractivity contribution is -0.256. The van der Waals surface area contributed by atoms with Crippen LogP contribution in [0.2, 0.25) is 0 Å². The van der Waals surface area contributed by atoms with Gasteiger partial charge in [0.25, 0.3) is 0 Å². The van der Waals surface area contributed by atoms with Crippen LogP contribution in [-0.2, 0) is 14.3 Å². The van der Waals surface area contributed by atoms with Crippen LogP contribution in [0.1, 0.15) is 58.3 Å². The van der Waals surface area contributed by atoms with Gasteiger partial charge in [-0.3, -0.25) is 4.79 Å². The average Bonchev–Trinajstić information content (AvgIpc) is 2.90. The third-order valence-electron chi connectivity index (χ3n) is 8.46. The van der Waals surface area contributed by atoms with Crippen LogP contribution >= 0.6 is 0 Å². The smallest absolute Gasteiger partial charge is 0.167 e. The Morgan fingerprint density at radius 1 is 1.00 bits per heavy atom. The molecule has 4 fully saturated rings. The number of fused-ring (bicyclic) bond motifs is 5. The number of hydrogen-bond donors (Lipinski definition) is 1. The van der Waals surface area contributed by atoms with E-state index in [1.165, 1.54) is 0 Å². The Bertz CT molecular complexity index is 514. The van der Waals surface area contributed by atoms with Crippen LogP contribution in [0.25, 0.3) is 0 Å². The lowest BCUT2D eigenvalue weighted by Gasteiger charge is -2.57. The Kier molecular flexibility index (Phi) is 4.09. The Hall–Kier alpha value is -0.450. The van der Waals surface area contributed by atoms with Crippen molar-refractivity contribution in [2.24, 2.45) is 35.0 Å². The summed E-state index contributed by atoms with van der Waals surface area (Å²) in [7, 11) is 3.44. The highest BCUT2D eigenvalue weighted by atomic mass is 16.7. The number of methoxy groups -OCH3 is 2. The summed E-state index contributed by atoms with van der Waals surface area (Å²) < 4.78 is 11.4. The molecule has 136 valence electrons. The second kappa shape index (κ2) is 5.78. The molecule has 0 radical (unpaired) electrons. The Labute approximate surface area is 145 Å². The molecule has 0 amide bonds. The maximum absolute atomic E-state index is 12.4. The van der Waals surface area contributed by atoms with Crippen molar-refractivity contribution in [1.82, 2.24) is 0 Å². The zero-order chi connectivity index (χ0) is 17.1. The number of aliphatic hydroxyl groups excluding tert-OH is 1. The summed E-state index contributed by atoms with van der Waals surface area (Å²) in [6, 6.07) is 0. The molecule has 0 spiro atoms. The maximum Gasteiger partial charge on any atom is 0.167 e. The van der Waals surface area contributed by atoms with E-state index in [-0.39, 0.29) is 17.4 Å². The molecule has 0 unspecified atom stereocenters. The Morgan fingerprint density at radius 3 is 2.38 bits per heavy atom. The van der Waals surface area contributed by atoms with E-state index in [0.717, 1.165) is 51.4 Å². The summed E-state index contributed by atoms with van der Waals surface area (Å²) in [5.74, 6) is 2.51. The van der Waals surface area contributed by atoms with Gasteiger partial charge in [-0.15, -0.1) is 0 Å². The van der Waals surface area contributed by atoms with Crippen molar-refractivity contribution in [2.75, 3.05) is 14.2 Å². The minimum atomic E-state index is -0.512. The van der Waals surface area contributed by atoms with Gasteiger partial charge in [-0.25, -0.2) is 0 Å².